The number of rotatable bonds is 5. The number of anilines is 1. The van der Waals surface area contributed by atoms with E-state index in [9.17, 15) is 18.0 Å². The van der Waals surface area contributed by atoms with Crippen molar-refractivity contribution in [2.24, 2.45) is 5.92 Å². The quantitative estimate of drug-likeness (QED) is 0.671. The van der Waals surface area contributed by atoms with E-state index in [1.54, 1.807) is 38.5 Å². The zero-order valence-electron chi connectivity index (χ0n) is 18.5. The Labute approximate surface area is 194 Å². The van der Waals surface area contributed by atoms with Crippen molar-refractivity contribution in [3.8, 4) is 0 Å². The number of amides is 2. The normalized spacial score (nSPS) is 21.5. The summed E-state index contributed by atoms with van der Waals surface area (Å²) in [5.41, 5.74) is 2.45. The summed E-state index contributed by atoms with van der Waals surface area (Å²) in [5.74, 6) is -0.508. The van der Waals surface area contributed by atoms with Gasteiger partial charge in [-0.2, -0.15) is 4.31 Å². The maximum Gasteiger partial charge on any atom is 0.243 e. The van der Waals surface area contributed by atoms with Crippen molar-refractivity contribution < 1.29 is 18.0 Å². The van der Waals surface area contributed by atoms with E-state index in [4.69, 9.17) is 0 Å². The fourth-order valence-corrected chi connectivity index (χ4v) is 6.61. The van der Waals surface area contributed by atoms with Gasteiger partial charge >= 0.3 is 0 Å². The molecule has 0 saturated carbocycles. The van der Waals surface area contributed by atoms with E-state index in [0.29, 0.717) is 37.6 Å². The third kappa shape index (κ3) is 4.27. The van der Waals surface area contributed by atoms with Crippen LogP contribution in [0.4, 0.5) is 5.69 Å². The molecule has 33 heavy (non-hydrogen) atoms. The van der Waals surface area contributed by atoms with Gasteiger partial charge in [0, 0.05) is 44.5 Å². The van der Waals surface area contributed by atoms with Crippen LogP contribution in [0.2, 0.25) is 0 Å². The van der Waals surface area contributed by atoms with Crippen molar-refractivity contribution in [2.45, 2.75) is 43.5 Å². The number of benzene rings is 1. The van der Waals surface area contributed by atoms with Gasteiger partial charge in [-0.3, -0.25) is 14.6 Å². The molecule has 1 unspecified atom stereocenters. The molecule has 2 fully saturated rings. The molecule has 0 radical (unpaired) electrons. The first-order valence-electron chi connectivity index (χ1n) is 11.6. The maximum atomic E-state index is 13.4. The fraction of sp³-hybridized carbons (Fsp3) is 0.458. The Bertz CT molecular complexity index is 1160. The molecule has 174 valence electrons. The van der Waals surface area contributed by atoms with Crippen molar-refractivity contribution in [1.29, 1.82) is 0 Å². The molecule has 5 rings (SSSR count). The molecule has 1 atom stereocenters. The van der Waals surface area contributed by atoms with Gasteiger partial charge in [-0.05, 0) is 61.6 Å². The highest BCUT2D eigenvalue weighted by Crippen LogP contribution is 2.33. The molecule has 3 aliphatic heterocycles. The second kappa shape index (κ2) is 8.87. The Balaban J connectivity index is 1.33. The number of fused-ring (bicyclic) bond motifs is 1. The standard InChI is InChI=1S/C24H28N4O4S/c29-23-15-19(16-26(23)17-20-7-1-2-10-25-20)24(30)28-13-5-6-18-14-21(8-9-22(18)28)33(31,32)27-11-3-4-12-27/h1-2,7-10,14,19H,3-6,11-13,15-17H2. The van der Waals surface area contributed by atoms with Crippen LogP contribution in [0, 0.1) is 5.92 Å². The van der Waals surface area contributed by atoms with Crippen LogP contribution in [0.5, 0.6) is 0 Å². The summed E-state index contributed by atoms with van der Waals surface area (Å²) >= 11 is 0. The molecule has 0 bridgehead atoms. The average molecular weight is 469 g/mol. The number of hydrogen-bond acceptors (Lipinski definition) is 5. The van der Waals surface area contributed by atoms with Crippen LogP contribution in [0.3, 0.4) is 0 Å². The number of sulfonamides is 1. The second-order valence-electron chi connectivity index (χ2n) is 8.99. The van der Waals surface area contributed by atoms with Crippen LogP contribution < -0.4 is 4.90 Å². The lowest BCUT2D eigenvalue weighted by Gasteiger charge is -2.32. The largest absolute Gasteiger partial charge is 0.336 e. The monoisotopic (exact) mass is 468 g/mol. The zero-order chi connectivity index (χ0) is 23.0. The molecule has 3 aliphatic rings. The lowest BCUT2D eigenvalue weighted by molar-refractivity contribution is -0.129. The Morgan fingerprint density at radius 3 is 2.64 bits per heavy atom. The molecule has 0 aliphatic carbocycles. The summed E-state index contributed by atoms with van der Waals surface area (Å²) in [6.45, 7) is 2.48. The van der Waals surface area contributed by atoms with E-state index in [-0.39, 0.29) is 18.2 Å². The molecule has 0 spiro atoms. The lowest BCUT2D eigenvalue weighted by Crippen LogP contribution is -2.40. The van der Waals surface area contributed by atoms with Crippen LogP contribution in [0.25, 0.3) is 0 Å². The third-order valence-corrected chi connectivity index (χ3v) is 8.68. The van der Waals surface area contributed by atoms with E-state index >= 15 is 0 Å². The highest BCUT2D eigenvalue weighted by Gasteiger charge is 2.38. The molecule has 4 heterocycles. The molecule has 0 N–H and O–H groups in total. The molecule has 9 heteroatoms. The summed E-state index contributed by atoms with van der Waals surface area (Å²) in [5, 5.41) is 0. The van der Waals surface area contributed by atoms with Crippen molar-refractivity contribution in [2.75, 3.05) is 31.1 Å². The maximum absolute atomic E-state index is 13.4. The summed E-state index contributed by atoms with van der Waals surface area (Å²) in [6, 6.07) is 10.7. The molecule has 8 nitrogen and oxygen atoms in total. The first-order valence-corrected chi connectivity index (χ1v) is 13.0. The number of carbonyl (C=O) groups is 2. The number of nitrogens with zero attached hydrogens (tertiary/aromatic N) is 4. The molecule has 2 saturated heterocycles. The summed E-state index contributed by atoms with van der Waals surface area (Å²) in [7, 11) is -3.50. The van der Waals surface area contributed by atoms with Crippen LogP contribution in [-0.4, -0.2) is 60.6 Å². The minimum atomic E-state index is -3.50. The highest BCUT2D eigenvalue weighted by molar-refractivity contribution is 7.89. The van der Waals surface area contributed by atoms with Gasteiger partial charge in [-0.25, -0.2) is 8.42 Å². The van der Waals surface area contributed by atoms with Gasteiger partial charge in [0.1, 0.15) is 0 Å². The summed E-state index contributed by atoms with van der Waals surface area (Å²) in [6.07, 6.45) is 5.18. The number of carbonyl (C=O) groups excluding carboxylic acids is 2. The van der Waals surface area contributed by atoms with Crippen molar-refractivity contribution in [1.82, 2.24) is 14.2 Å². The van der Waals surface area contributed by atoms with Gasteiger partial charge in [0.15, 0.2) is 0 Å². The van der Waals surface area contributed by atoms with Gasteiger partial charge in [0.05, 0.1) is 23.1 Å². The van der Waals surface area contributed by atoms with E-state index in [0.717, 1.165) is 42.6 Å². The Kier molecular flexibility index (Phi) is 5.92. The van der Waals surface area contributed by atoms with E-state index in [1.165, 1.54) is 0 Å². The van der Waals surface area contributed by atoms with Gasteiger partial charge in [0.2, 0.25) is 21.8 Å². The Morgan fingerprint density at radius 1 is 1.06 bits per heavy atom. The number of hydrogen-bond donors (Lipinski definition) is 0. The van der Waals surface area contributed by atoms with E-state index < -0.39 is 15.9 Å². The Morgan fingerprint density at radius 2 is 1.88 bits per heavy atom. The first-order chi connectivity index (χ1) is 15.9. The van der Waals surface area contributed by atoms with E-state index in [1.807, 2.05) is 18.2 Å². The topological polar surface area (TPSA) is 90.9 Å². The van der Waals surface area contributed by atoms with Crippen LogP contribution in [0.15, 0.2) is 47.5 Å². The van der Waals surface area contributed by atoms with Gasteiger partial charge in [-0.1, -0.05) is 6.07 Å². The first kappa shape index (κ1) is 22.0. The van der Waals surface area contributed by atoms with Crippen LogP contribution in [0.1, 0.15) is 36.9 Å². The molecule has 1 aromatic heterocycles. The Hall–Kier alpha value is -2.78. The SMILES string of the molecule is O=C1CC(C(=O)N2CCCc3cc(S(=O)(=O)N4CCCC4)ccc32)CN1Cc1ccccn1. The van der Waals surface area contributed by atoms with Crippen molar-refractivity contribution >= 4 is 27.5 Å². The molecular formula is C24H28N4O4S. The van der Waals surface area contributed by atoms with E-state index in [2.05, 4.69) is 4.98 Å². The smallest absolute Gasteiger partial charge is 0.243 e. The zero-order valence-corrected chi connectivity index (χ0v) is 19.3. The minimum absolute atomic E-state index is 0.0386. The van der Waals surface area contributed by atoms with Crippen molar-refractivity contribution in [3.63, 3.8) is 0 Å². The fourth-order valence-electron chi connectivity index (χ4n) is 5.04. The number of pyridine rings is 1. The average Bonchev–Trinajstić information content (AvgIpc) is 3.50. The molecule has 2 aromatic rings. The number of likely N-dealkylation sites (tertiary alicyclic amines) is 1. The molecule has 2 amide bonds. The third-order valence-electron chi connectivity index (χ3n) is 6.78. The van der Waals surface area contributed by atoms with Crippen LogP contribution in [-0.2, 0) is 32.6 Å². The number of aromatic nitrogens is 1. The lowest BCUT2D eigenvalue weighted by atomic mass is 9.99. The minimum Gasteiger partial charge on any atom is -0.336 e. The second-order valence-corrected chi connectivity index (χ2v) is 10.9. The summed E-state index contributed by atoms with van der Waals surface area (Å²) in [4.78, 5) is 34.0. The summed E-state index contributed by atoms with van der Waals surface area (Å²) < 4.78 is 27.5. The predicted molar refractivity (Wildman–Crippen MR) is 123 cm³/mol. The number of aryl methyl sites for hydroxylation is 1. The molecule has 1 aromatic carbocycles. The van der Waals surface area contributed by atoms with Gasteiger partial charge < -0.3 is 9.80 Å². The van der Waals surface area contributed by atoms with Gasteiger partial charge in [-0.15, -0.1) is 0 Å². The van der Waals surface area contributed by atoms with Crippen LogP contribution >= 0.6 is 0 Å². The van der Waals surface area contributed by atoms with Crippen molar-refractivity contribution in [3.05, 3.63) is 53.9 Å². The molecular weight excluding hydrogens is 440 g/mol. The predicted octanol–water partition coefficient (Wildman–Crippen LogP) is 2.19. The van der Waals surface area contributed by atoms with Gasteiger partial charge in [0.25, 0.3) is 0 Å². The highest BCUT2D eigenvalue weighted by atomic mass is 32.2.